The van der Waals surface area contributed by atoms with E-state index in [-0.39, 0.29) is 18.0 Å². The van der Waals surface area contributed by atoms with E-state index >= 15 is 0 Å². The number of carbonyl (C=O) groups excluding carboxylic acids is 1. The first-order valence-corrected chi connectivity index (χ1v) is 11.3. The molecular weight excluding hydrogens is 380 g/mol. The fraction of sp³-hybridized carbons (Fsp3) is 0.321. The Morgan fingerprint density at radius 2 is 1.68 bits per heavy atom. The third-order valence-corrected chi connectivity index (χ3v) is 6.34. The van der Waals surface area contributed by atoms with E-state index < -0.39 is 0 Å². The van der Waals surface area contributed by atoms with Gasteiger partial charge in [0, 0.05) is 17.3 Å². The summed E-state index contributed by atoms with van der Waals surface area (Å²) in [7, 11) is 0. The second-order valence-corrected chi connectivity index (χ2v) is 8.73. The maximum Gasteiger partial charge on any atom is 0.258 e. The van der Waals surface area contributed by atoms with Crippen LogP contribution in [-0.2, 0) is 6.42 Å². The fourth-order valence-corrected chi connectivity index (χ4v) is 4.69. The Hall–Kier alpha value is -3.07. The van der Waals surface area contributed by atoms with E-state index in [1.54, 1.807) is 0 Å². The normalized spacial score (nSPS) is 17.9. The number of amides is 1. The van der Waals surface area contributed by atoms with E-state index in [1.165, 1.54) is 16.7 Å². The zero-order valence-electron chi connectivity index (χ0n) is 19.0. The van der Waals surface area contributed by atoms with Gasteiger partial charge in [0.2, 0.25) is 0 Å². The van der Waals surface area contributed by atoms with Crippen LogP contribution in [0.15, 0.2) is 66.7 Å². The standard InChI is InChI=1S/C28H32N2O/c1-5-9-22-14-16-23(17-15-22)28(31)30-21(4)18-26(24-12-8-11-20(3)27(24)30)29-25-13-7-6-10-19(25)2/h6-8,10-17,21,26,29H,5,9,18H2,1-4H3/t21-,26+/m0/s1. The van der Waals surface area contributed by atoms with E-state index in [1.807, 2.05) is 17.0 Å². The monoisotopic (exact) mass is 412 g/mol. The lowest BCUT2D eigenvalue weighted by Gasteiger charge is -2.41. The number of anilines is 2. The predicted octanol–water partition coefficient (Wildman–Crippen LogP) is 6.85. The highest BCUT2D eigenvalue weighted by Gasteiger charge is 2.35. The predicted molar refractivity (Wildman–Crippen MR) is 130 cm³/mol. The number of carbonyl (C=O) groups is 1. The highest BCUT2D eigenvalue weighted by atomic mass is 16.2. The smallest absolute Gasteiger partial charge is 0.258 e. The summed E-state index contributed by atoms with van der Waals surface area (Å²) in [5.74, 6) is 0.0837. The Labute approximate surface area is 186 Å². The molecule has 31 heavy (non-hydrogen) atoms. The van der Waals surface area contributed by atoms with Crippen LogP contribution in [0.5, 0.6) is 0 Å². The summed E-state index contributed by atoms with van der Waals surface area (Å²) in [5.41, 5.74) is 7.80. The number of para-hydroxylation sites is 2. The van der Waals surface area contributed by atoms with Crippen LogP contribution < -0.4 is 10.2 Å². The molecule has 0 spiro atoms. The van der Waals surface area contributed by atoms with Gasteiger partial charge in [0.15, 0.2) is 0 Å². The Kier molecular flexibility index (Phi) is 6.13. The van der Waals surface area contributed by atoms with Crippen LogP contribution in [0.2, 0.25) is 0 Å². The van der Waals surface area contributed by atoms with Crippen LogP contribution >= 0.6 is 0 Å². The SMILES string of the molecule is CCCc1ccc(C(=O)N2c3c(C)cccc3[C@H](Nc3ccccc3C)C[C@@H]2C)cc1. The van der Waals surface area contributed by atoms with Gasteiger partial charge in [-0.15, -0.1) is 0 Å². The Bertz CT molecular complexity index is 1070. The molecule has 2 atom stereocenters. The molecule has 0 fully saturated rings. The minimum absolute atomic E-state index is 0.0837. The molecule has 3 aromatic carbocycles. The van der Waals surface area contributed by atoms with Gasteiger partial charge in [-0.05, 0) is 74.1 Å². The average molecular weight is 413 g/mol. The van der Waals surface area contributed by atoms with Crippen molar-refractivity contribution in [3.8, 4) is 0 Å². The lowest BCUT2D eigenvalue weighted by molar-refractivity contribution is 0.0974. The molecule has 1 N–H and O–H groups in total. The molecule has 3 heteroatoms. The number of rotatable bonds is 5. The summed E-state index contributed by atoms with van der Waals surface area (Å²) < 4.78 is 0. The van der Waals surface area contributed by atoms with Crippen molar-refractivity contribution in [2.45, 2.75) is 59.0 Å². The summed E-state index contributed by atoms with van der Waals surface area (Å²) in [6.45, 7) is 8.57. The molecule has 1 amide bonds. The molecule has 0 unspecified atom stereocenters. The van der Waals surface area contributed by atoms with E-state index in [0.717, 1.165) is 41.8 Å². The summed E-state index contributed by atoms with van der Waals surface area (Å²) in [6.07, 6.45) is 3.02. The molecule has 0 bridgehead atoms. The van der Waals surface area contributed by atoms with Crippen molar-refractivity contribution < 1.29 is 4.79 Å². The molecule has 3 aromatic rings. The number of nitrogens with one attached hydrogen (secondary N) is 1. The number of aryl methyl sites for hydroxylation is 3. The summed E-state index contributed by atoms with van der Waals surface area (Å²) in [6, 6.07) is 23.2. The lowest BCUT2D eigenvalue weighted by Crippen LogP contribution is -2.44. The molecule has 1 aliphatic heterocycles. The van der Waals surface area contributed by atoms with Gasteiger partial charge >= 0.3 is 0 Å². The van der Waals surface area contributed by atoms with Crippen molar-refractivity contribution in [2.75, 3.05) is 10.2 Å². The van der Waals surface area contributed by atoms with Gasteiger partial charge in [0.1, 0.15) is 0 Å². The van der Waals surface area contributed by atoms with Crippen LogP contribution in [0.3, 0.4) is 0 Å². The summed E-state index contributed by atoms with van der Waals surface area (Å²) >= 11 is 0. The number of benzene rings is 3. The number of nitrogens with zero attached hydrogens (tertiary/aromatic N) is 1. The molecule has 0 aromatic heterocycles. The first-order chi connectivity index (χ1) is 15.0. The minimum atomic E-state index is 0.0837. The van der Waals surface area contributed by atoms with E-state index in [2.05, 4.69) is 87.6 Å². The average Bonchev–Trinajstić information content (AvgIpc) is 2.76. The second kappa shape index (κ2) is 8.97. The van der Waals surface area contributed by atoms with Gasteiger partial charge in [0.05, 0.1) is 11.7 Å². The number of fused-ring (bicyclic) bond motifs is 1. The Morgan fingerprint density at radius 1 is 0.968 bits per heavy atom. The maximum atomic E-state index is 13.6. The summed E-state index contributed by atoms with van der Waals surface area (Å²) in [5, 5.41) is 3.75. The highest BCUT2D eigenvalue weighted by molar-refractivity contribution is 6.07. The molecule has 4 rings (SSSR count). The van der Waals surface area contributed by atoms with E-state index in [9.17, 15) is 4.79 Å². The zero-order valence-corrected chi connectivity index (χ0v) is 19.0. The van der Waals surface area contributed by atoms with E-state index in [4.69, 9.17) is 0 Å². The first kappa shape index (κ1) is 21.2. The van der Waals surface area contributed by atoms with Crippen molar-refractivity contribution in [2.24, 2.45) is 0 Å². The maximum absolute atomic E-state index is 13.6. The third-order valence-electron chi connectivity index (χ3n) is 6.34. The van der Waals surface area contributed by atoms with Gasteiger partial charge in [-0.25, -0.2) is 0 Å². The topological polar surface area (TPSA) is 32.3 Å². The lowest BCUT2D eigenvalue weighted by atomic mass is 9.88. The van der Waals surface area contributed by atoms with Gasteiger partial charge in [-0.2, -0.15) is 0 Å². The largest absolute Gasteiger partial charge is 0.378 e. The van der Waals surface area contributed by atoms with E-state index in [0.29, 0.717) is 0 Å². The molecule has 3 nitrogen and oxygen atoms in total. The van der Waals surface area contributed by atoms with Crippen LogP contribution in [0.4, 0.5) is 11.4 Å². The molecule has 0 saturated carbocycles. The van der Waals surface area contributed by atoms with Gasteiger partial charge in [-0.3, -0.25) is 4.79 Å². The van der Waals surface area contributed by atoms with Crippen LogP contribution in [0, 0.1) is 13.8 Å². The Morgan fingerprint density at radius 3 is 2.39 bits per heavy atom. The third kappa shape index (κ3) is 4.23. The first-order valence-electron chi connectivity index (χ1n) is 11.3. The van der Waals surface area contributed by atoms with Crippen molar-refractivity contribution in [3.63, 3.8) is 0 Å². The molecule has 0 aliphatic carbocycles. The number of hydrogen-bond donors (Lipinski definition) is 1. The zero-order chi connectivity index (χ0) is 22.0. The van der Waals surface area contributed by atoms with Crippen molar-refractivity contribution in [3.05, 3.63) is 94.5 Å². The molecular formula is C28H32N2O. The number of hydrogen-bond acceptors (Lipinski definition) is 2. The Balaban J connectivity index is 1.69. The molecule has 0 radical (unpaired) electrons. The molecule has 1 aliphatic rings. The fourth-order valence-electron chi connectivity index (χ4n) is 4.69. The highest BCUT2D eigenvalue weighted by Crippen LogP contribution is 2.41. The molecule has 1 heterocycles. The van der Waals surface area contributed by atoms with Crippen molar-refractivity contribution >= 4 is 17.3 Å². The van der Waals surface area contributed by atoms with Crippen molar-refractivity contribution in [1.82, 2.24) is 0 Å². The van der Waals surface area contributed by atoms with Crippen molar-refractivity contribution in [1.29, 1.82) is 0 Å². The minimum Gasteiger partial charge on any atom is -0.378 e. The molecule has 0 saturated heterocycles. The second-order valence-electron chi connectivity index (χ2n) is 8.73. The summed E-state index contributed by atoms with van der Waals surface area (Å²) in [4.78, 5) is 15.6. The van der Waals surface area contributed by atoms with Gasteiger partial charge < -0.3 is 10.2 Å². The quantitative estimate of drug-likeness (QED) is 0.497. The molecule has 160 valence electrons. The van der Waals surface area contributed by atoms with Gasteiger partial charge in [-0.1, -0.05) is 61.9 Å². The van der Waals surface area contributed by atoms with Gasteiger partial charge in [0.25, 0.3) is 5.91 Å². The van der Waals surface area contributed by atoms with Crippen LogP contribution in [-0.4, -0.2) is 11.9 Å². The van der Waals surface area contributed by atoms with Crippen LogP contribution in [0.1, 0.15) is 65.3 Å². The van der Waals surface area contributed by atoms with Crippen LogP contribution in [0.25, 0.3) is 0 Å².